The van der Waals surface area contributed by atoms with Crippen molar-refractivity contribution in [1.82, 2.24) is 4.90 Å². The molecule has 0 unspecified atom stereocenters. The van der Waals surface area contributed by atoms with Gasteiger partial charge >= 0.3 is 18.9 Å². The van der Waals surface area contributed by atoms with Crippen LogP contribution in [0.3, 0.4) is 0 Å². The van der Waals surface area contributed by atoms with Crippen molar-refractivity contribution in [2.45, 2.75) is 13.8 Å². The van der Waals surface area contributed by atoms with Gasteiger partial charge in [0.1, 0.15) is 0 Å². The molecule has 46 valence electrons. The molecule has 0 aromatic heterocycles. The van der Waals surface area contributed by atoms with E-state index in [2.05, 4.69) is 32.7 Å². The van der Waals surface area contributed by atoms with E-state index >= 15 is 0 Å². The number of nitrogens with zero attached hydrogens (tertiary/aromatic N) is 1. The minimum absolute atomic E-state index is 0. The molecule has 0 aromatic carbocycles. The Balaban J connectivity index is 0. The zero-order chi connectivity index (χ0) is 6.41. The van der Waals surface area contributed by atoms with Gasteiger partial charge in [-0.1, -0.05) is 0 Å². The molecule has 0 aliphatic rings. The van der Waals surface area contributed by atoms with Crippen LogP contribution in [0.1, 0.15) is 13.8 Å². The molecule has 0 aliphatic carbocycles. The number of rotatable bonds is 2. The van der Waals surface area contributed by atoms with Crippen molar-refractivity contribution in [2.24, 2.45) is 0 Å². The Hall–Kier alpha value is -0.173. The molecule has 2 heteroatoms. The van der Waals surface area contributed by atoms with Gasteiger partial charge in [0.05, 0.1) is 0 Å². The molecule has 0 fully saturated rings. The number of hydrogen-bond donors (Lipinski definition) is 0. The second kappa shape index (κ2) is 7.83. The average molecular weight is 117 g/mol. The Labute approximate surface area is 70.0 Å². The predicted octanol–water partition coefficient (Wildman–Crippen LogP) is -1.87. The molecular formula is C7H12LiN. The minimum atomic E-state index is 0. The zero-order valence-electron chi connectivity index (χ0n) is 6.57. The Bertz CT molecular complexity index is 97.2. The van der Waals surface area contributed by atoms with E-state index < -0.39 is 0 Å². The van der Waals surface area contributed by atoms with Crippen molar-refractivity contribution in [3.05, 3.63) is 6.92 Å². The first kappa shape index (κ1) is 11.6. The van der Waals surface area contributed by atoms with Gasteiger partial charge in [0.25, 0.3) is 0 Å². The van der Waals surface area contributed by atoms with Gasteiger partial charge in [0, 0.05) is 13.1 Å². The summed E-state index contributed by atoms with van der Waals surface area (Å²) in [6.07, 6.45) is 0. The molecule has 1 nitrogen and oxygen atoms in total. The molecule has 0 rings (SSSR count). The molecular weight excluding hydrogens is 105 g/mol. The van der Waals surface area contributed by atoms with E-state index in [1.54, 1.807) is 0 Å². The molecule has 0 saturated carbocycles. The third kappa shape index (κ3) is 5.70. The molecule has 0 aliphatic heterocycles. The van der Waals surface area contributed by atoms with Crippen LogP contribution in [-0.4, -0.2) is 18.0 Å². The van der Waals surface area contributed by atoms with Crippen LogP contribution in [0.2, 0.25) is 0 Å². The fraction of sp³-hybridized carbons (Fsp3) is 0.571. The normalized spacial score (nSPS) is 6.44. The van der Waals surface area contributed by atoms with Gasteiger partial charge < -0.3 is 4.90 Å². The first-order valence-corrected chi connectivity index (χ1v) is 2.87. The van der Waals surface area contributed by atoms with E-state index in [4.69, 9.17) is 0 Å². The average Bonchev–Trinajstić information content (AvgIpc) is 1.83. The van der Waals surface area contributed by atoms with Gasteiger partial charge in [-0.2, -0.15) is 6.92 Å². The molecule has 0 atom stereocenters. The standard InChI is InChI=1S/C7H12N.Li/c1-4-7-8(5-2)6-3;/h1,5-6H2,2-3H3;/q-1;+1. The molecule has 0 radical (unpaired) electrons. The molecule has 0 N–H and O–H groups in total. The summed E-state index contributed by atoms with van der Waals surface area (Å²) in [5.41, 5.74) is 0. The maximum atomic E-state index is 3.42. The summed E-state index contributed by atoms with van der Waals surface area (Å²) in [6, 6.07) is 2.85. The van der Waals surface area contributed by atoms with Crippen LogP contribution in [0.5, 0.6) is 0 Å². The van der Waals surface area contributed by atoms with Gasteiger partial charge in [0.15, 0.2) is 0 Å². The Morgan fingerprint density at radius 2 is 1.78 bits per heavy atom. The molecule has 9 heavy (non-hydrogen) atoms. The van der Waals surface area contributed by atoms with E-state index in [-0.39, 0.29) is 18.9 Å². The SMILES string of the molecule is [CH2-]C#CN(CC)CC.[Li+]. The second-order valence-corrected chi connectivity index (χ2v) is 1.46. The van der Waals surface area contributed by atoms with Crippen LogP contribution >= 0.6 is 0 Å². The van der Waals surface area contributed by atoms with Crippen LogP contribution in [0.25, 0.3) is 0 Å². The fourth-order valence-corrected chi connectivity index (χ4v) is 0.494. The van der Waals surface area contributed by atoms with Crippen molar-refractivity contribution in [3.63, 3.8) is 0 Å². The predicted molar refractivity (Wildman–Crippen MR) is 36.1 cm³/mol. The molecule has 0 bridgehead atoms. The summed E-state index contributed by atoms with van der Waals surface area (Å²) >= 11 is 0. The summed E-state index contributed by atoms with van der Waals surface area (Å²) in [5.74, 6) is 2.60. The topological polar surface area (TPSA) is 3.24 Å². The maximum Gasteiger partial charge on any atom is 1.00 e. The minimum Gasteiger partial charge on any atom is -0.422 e. The monoisotopic (exact) mass is 117 g/mol. The van der Waals surface area contributed by atoms with Crippen LogP contribution in [0.15, 0.2) is 0 Å². The van der Waals surface area contributed by atoms with Crippen LogP contribution in [0.4, 0.5) is 0 Å². The summed E-state index contributed by atoms with van der Waals surface area (Å²) in [6.45, 7) is 9.54. The van der Waals surface area contributed by atoms with Crippen LogP contribution < -0.4 is 18.9 Å². The van der Waals surface area contributed by atoms with Gasteiger partial charge in [-0.25, -0.2) is 6.04 Å². The zero-order valence-corrected chi connectivity index (χ0v) is 6.57. The quantitative estimate of drug-likeness (QED) is 0.177. The van der Waals surface area contributed by atoms with Crippen molar-refractivity contribution in [2.75, 3.05) is 13.1 Å². The van der Waals surface area contributed by atoms with Crippen molar-refractivity contribution >= 4 is 0 Å². The van der Waals surface area contributed by atoms with Gasteiger partial charge in [-0.15, -0.1) is 0 Å². The molecule has 0 heterocycles. The van der Waals surface area contributed by atoms with Gasteiger partial charge in [-0.05, 0) is 13.8 Å². The van der Waals surface area contributed by atoms with E-state index in [9.17, 15) is 0 Å². The molecule has 0 aromatic rings. The first-order valence-electron chi connectivity index (χ1n) is 2.87. The van der Waals surface area contributed by atoms with E-state index in [0.29, 0.717) is 0 Å². The van der Waals surface area contributed by atoms with Gasteiger partial charge in [0.2, 0.25) is 0 Å². The summed E-state index contributed by atoms with van der Waals surface area (Å²) in [7, 11) is 0. The summed E-state index contributed by atoms with van der Waals surface area (Å²) in [4.78, 5) is 2.01. The molecule has 0 spiro atoms. The molecule has 0 amide bonds. The largest absolute Gasteiger partial charge is 1.00 e. The number of hydrogen-bond acceptors (Lipinski definition) is 1. The third-order valence-electron chi connectivity index (χ3n) is 1.00. The van der Waals surface area contributed by atoms with E-state index in [1.165, 1.54) is 0 Å². The Kier molecular flexibility index (Phi) is 10.1. The van der Waals surface area contributed by atoms with Crippen molar-refractivity contribution < 1.29 is 18.9 Å². The summed E-state index contributed by atoms with van der Waals surface area (Å²) < 4.78 is 0. The van der Waals surface area contributed by atoms with E-state index in [0.717, 1.165) is 13.1 Å². The van der Waals surface area contributed by atoms with Gasteiger partial charge in [-0.3, -0.25) is 5.92 Å². The Morgan fingerprint density at radius 3 is 1.89 bits per heavy atom. The summed E-state index contributed by atoms with van der Waals surface area (Å²) in [5, 5.41) is 0. The Morgan fingerprint density at radius 1 is 1.33 bits per heavy atom. The first-order chi connectivity index (χ1) is 3.85. The van der Waals surface area contributed by atoms with Crippen LogP contribution in [0, 0.1) is 18.9 Å². The second-order valence-electron chi connectivity index (χ2n) is 1.46. The van der Waals surface area contributed by atoms with Crippen LogP contribution in [-0.2, 0) is 0 Å². The van der Waals surface area contributed by atoms with Crippen molar-refractivity contribution in [3.8, 4) is 12.0 Å². The van der Waals surface area contributed by atoms with E-state index in [1.807, 2.05) is 4.90 Å². The maximum absolute atomic E-state index is 3.42. The smallest absolute Gasteiger partial charge is 0.422 e. The molecule has 0 saturated heterocycles. The third-order valence-corrected chi connectivity index (χ3v) is 1.00. The van der Waals surface area contributed by atoms with Crippen molar-refractivity contribution in [1.29, 1.82) is 0 Å². The fourth-order valence-electron chi connectivity index (χ4n) is 0.494.